The van der Waals surface area contributed by atoms with Crippen molar-refractivity contribution in [1.82, 2.24) is 15.5 Å². The van der Waals surface area contributed by atoms with Crippen LogP contribution in [0.1, 0.15) is 30.1 Å². The number of anilines is 1. The van der Waals surface area contributed by atoms with Crippen LogP contribution in [0.2, 0.25) is 0 Å². The van der Waals surface area contributed by atoms with E-state index in [1.54, 1.807) is 24.3 Å². The number of para-hydroxylation sites is 1. The molecule has 0 saturated carbocycles. The van der Waals surface area contributed by atoms with Gasteiger partial charge >= 0.3 is 5.97 Å². The lowest BCUT2D eigenvalue weighted by Crippen LogP contribution is -2.46. The standard InChI is InChI=1S/C21H29N5O3/c1-2-3-14-29-21(28)18-6-4-5-7-19(18)25-16-17(15-22)20(27)24-10-13-26-11-8-23-9-12-26/h4-7,16,23,25H,2-3,8-14H2,1H3,(H,24,27)/b17-16-. The van der Waals surface area contributed by atoms with E-state index in [1.807, 2.05) is 13.0 Å². The van der Waals surface area contributed by atoms with E-state index < -0.39 is 11.9 Å². The van der Waals surface area contributed by atoms with Crippen LogP contribution >= 0.6 is 0 Å². The van der Waals surface area contributed by atoms with Crippen LogP contribution in [0.3, 0.4) is 0 Å². The number of amides is 1. The van der Waals surface area contributed by atoms with Gasteiger partial charge in [-0.1, -0.05) is 25.5 Å². The van der Waals surface area contributed by atoms with Gasteiger partial charge in [0.2, 0.25) is 0 Å². The molecule has 0 spiro atoms. The monoisotopic (exact) mass is 399 g/mol. The third-order valence-corrected chi connectivity index (χ3v) is 4.54. The molecule has 1 fully saturated rings. The summed E-state index contributed by atoms with van der Waals surface area (Å²) >= 11 is 0. The van der Waals surface area contributed by atoms with E-state index in [2.05, 4.69) is 20.9 Å². The van der Waals surface area contributed by atoms with Crippen LogP contribution in [0.15, 0.2) is 36.0 Å². The Morgan fingerprint density at radius 2 is 2.07 bits per heavy atom. The Bertz CT molecular complexity index is 751. The predicted octanol–water partition coefficient (Wildman–Crippen LogP) is 1.48. The topological polar surface area (TPSA) is 106 Å². The minimum absolute atomic E-state index is 0.0561. The van der Waals surface area contributed by atoms with Crippen LogP contribution in [0, 0.1) is 11.3 Å². The lowest BCUT2D eigenvalue weighted by molar-refractivity contribution is -0.117. The molecule has 156 valence electrons. The Hall–Kier alpha value is -2.89. The molecule has 1 heterocycles. The summed E-state index contributed by atoms with van der Waals surface area (Å²) in [6, 6.07) is 8.74. The first kappa shape index (κ1) is 22.4. The van der Waals surface area contributed by atoms with Crippen LogP contribution in [0.4, 0.5) is 5.69 Å². The third-order valence-electron chi connectivity index (χ3n) is 4.54. The van der Waals surface area contributed by atoms with Gasteiger partial charge in [0.05, 0.1) is 17.9 Å². The van der Waals surface area contributed by atoms with E-state index in [0.717, 1.165) is 45.6 Å². The first-order chi connectivity index (χ1) is 14.2. The maximum absolute atomic E-state index is 12.3. The number of hydrogen-bond acceptors (Lipinski definition) is 7. The molecule has 0 atom stereocenters. The molecule has 2 rings (SSSR count). The molecule has 0 unspecified atom stereocenters. The second-order valence-corrected chi connectivity index (χ2v) is 6.70. The van der Waals surface area contributed by atoms with Gasteiger partial charge in [-0.25, -0.2) is 4.79 Å². The normalized spacial score (nSPS) is 14.7. The molecule has 8 heteroatoms. The fourth-order valence-electron chi connectivity index (χ4n) is 2.83. The average Bonchev–Trinajstić information content (AvgIpc) is 2.75. The number of hydrogen-bond donors (Lipinski definition) is 3. The van der Waals surface area contributed by atoms with Crippen LogP contribution in [0.5, 0.6) is 0 Å². The molecule has 1 aromatic rings. The number of benzene rings is 1. The molecule has 0 aromatic heterocycles. The van der Waals surface area contributed by atoms with Gasteiger partial charge in [0.25, 0.3) is 5.91 Å². The molecule has 1 amide bonds. The van der Waals surface area contributed by atoms with Crippen LogP contribution < -0.4 is 16.0 Å². The SMILES string of the molecule is CCCCOC(=O)c1ccccc1N/C=C(/C#N)C(=O)NCCN1CCNCC1. The number of carbonyl (C=O) groups excluding carboxylic acids is 2. The maximum Gasteiger partial charge on any atom is 0.340 e. The zero-order chi connectivity index (χ0) is 20.9. The van der Waals surface area contributed by atoms with E-state index in [1.165, 1.54) is 6.20 Å². The number of ether oxygens (including phenoxy) is 1. The van der Waals surface area contributed by atoms with Crippen molar-refractivity contribution < 1.29 is 14.3 Å². The van der Waals surface area contributed by atoms with Gasteiger partial charge < -0.3 is 20.7 Å². The fourth-order valence-corrected chi connectivity index (χ4v) is 2.83. The Kier molecular flexibility index (Phi) is 9.69. The highest BCUT2D eigenvalue weighted by Crippen LogP contribution is 2.17. The summed E-state index contributed by atoms with van der Waals surface area (Å²) in [7, 11) is 0. The highest BCUT2D eigenvalue weighted by Gasteiger charge is 2.14. The van der Waals surface area contributed by atoms with E-state index >= 15 is 0 Å². The molecule has 1 aromatic carbocycles. The van der Waals surface area contributed by atoms with E-state index in [9.17, 15) is 14.9 Å². The van der Waals surface area contributed by atoms with Crippen molar-refractivity contribution >= 4 is 17.6 Å². The van der Waals surface area contributed by atoms with Gasteiger partial charge in [-0.2, -0.15) is 5.26 Å². The molecule has 0 aliphatic carbocycles. The van der Waals surface area contributed by atoms with E-state index in [-0.39, 0.29) is 5.57 Å². The molecule has 29 heavy (non-hydrogen) atoms. The zero-order valence-electron chi connectivity index (χ0n) is 16.9. The van der Waals surface area contributed by atoms with Crippen molar-refractivity contribution in [2.24, 2.45) is 0 Å². The molecule has 1 aliphatic heterocycles. The second kappa shape index (κ2) is 12.5. The third kappa shape index (κ3) is 7.56. The number of nitrogens with zero attached hydrogens (tertiary/aromatic N) is 2. The number of unbranched alkanes of at least 4 members (excludes halogenated alkanes) is 1. The number of nitriles is 1. The summed E-state index contributed by atoms with van der Waals surface area (Å²) in [6.45, 7) is 7.38. The summed E-state index contributed by atoms with van der Waals surface area (Å²) in [5, 5.41) is 18.2. The number of carbonyl (C=O) groups is 2. The average molecular weight is 399 g/mol. The van der Waals surface area contributed by atoms with E-state index in [4.69, 9.17) is 4.74 Å². The molecule has 1 saturated heterocycles. The predicted molar refractivity (Wildman–Crippen MR) is 111 cm³/mol. The maximum atomic E-state index is 12.3. The van der Waals surface area contributed by atoms with Gasteiger partial charge in [0.1, 0.15) is 11.6 Å². The summed E-state index contributed by atoms with van der Waals surface area (Å²) in [4.78, 5) is 26.8. The van der Waals surface area contributed by atoms with Crippen LogP contribution in [-0.4, -0.2) is 62.7 Å². The lowest BCUT2D eigenvalue weighted by Gasteiger charge is -2.27. The summed E-state index contributed by atoms with van der Waals surface area (Å²) < 4.78 is 5.25. The van der Waals surface area contributed by atoms with Crippen molar-refractivity contribution in [3.05, 3.63) is 41.6 Å². The molecule has 8 nitrogen and oxygen atoms in total. The van der Waals surface area contributed by atoms with Gasteiger partial charge in [-0.3, -0.25) is 9.69 Å². The van der Waals surface area contributed by atoms with Crippen molar-refractivity contribution in [2.45, 2.75) is 19.8 Å². The Morgan fingerprint density at radius 1 is 1.31 bits per heavy atom. The first-order valence-corrected chi connectivity index (χ1v) is 10.00. The van der Waals surface area contributed by atoms with Gasteiger partial charge in [-0.05, 0) is 18.6 Å². The van der Waals surface area contributed by atoms with Crippen molar-refractivity contribution in [3.8, 4) is 6.07 Å². The second-order valence-electron chi connectivity index (χ2n) is 6.70. The fraction of sp³-hybridized carbons (Fsp3) is 0.476. The van der Waals surface area contributed by atoms with Crippen molar-refractivity contribution in [1.29, 1.82) is 5.26 Å². The van der Waals surface area contributed by atoms with Crippen molar-refractivity contribution in [2.75, 3.05) is 51.2 Å². The first-order valence-electron chi connectivity index (χ1n) is 10.00. The Morgan fingerprint density at radius 3 is 2.79 bits per heavy atom. The minimum atomic E-state index is -0.446. The summed E-state index contributed by atoms with van der Waals surface area (Å²) in [5.41, 5.74) is 0.783. The highest BCUT2D eigenvalue weighted by atomic mass is 16.5. The van der Waals surface area contributed by atoms with Crippen LogP contribution in [0.25, 0.3) is 0 Å². The Labute approximate surface area is 171 Å². The highest BCUT2D eigenvalue weighted by molar-refractivity contribution is 5.98. The number of piperazine rings is 1. The molecular weight excluding hydrogens is 370 g/mol. The Balaban J connectivity index is 1.91. The molecule has 0 bridgehead atoms. The smallest absolute Gasteiger partial charge is 0.340 e. The van der Waals surface area contributed by atoms with E-state index in [0.29, 0.717) is 24.4 Å². The van der Waals surface area contributed by atoms with Crippen molar-refractivity contribution in [3.63, 3.8) is 0 Å². The van der Waals surface area contributed by atoms with Gasteiger partial charge in [-0.15, -0.1) is 0 Å². The van der Waals surface area contributed by atoms with Gasteiger partial charge in [0, 0.05) is 45.5 Å². The quantitative estimate of drug-likeness (QED) is 0.237. The molecular formula is C21H29N5O3. The number of rotatable bonds is 10. The summed E-state index contributed by atoms with van der Waals surface area (Å²) in [5.74, 6) is -0.882. The molecule has 1 aliphatic rings. The lowest BCUT2D eigenvalue weighted by atomic mass is 10.1. The zero-order valence-corrected chi connectivity index (χ0v) is 16.9. The largest absolute Gasteiger partial charge is 0.462 e. The van der Waals surface area contributed by atoms with Gasteiger partial charge in [0.15, 0.2) is 0 Å². The number of nitrogens with one attached hydrogen (secondary N) is 3. The summed E-state index contributed by atoms with van der Waals surface area (Å²) in [6.07, 6.45) is 3.05. The van der Waals surface area contributed by atoms with Crippen LogP contribution in [-0.2, 0) is 9.53 Å². The molecule has 0 radical (unpaired) electrons. The molecule has 3 N–H and O–H groups in total. The minimum Gasteiger partial charge on any atom is -0.462 e. The number of esters is 1.